The van der Waals surface area contributed by atoms with Gasteiger partial charge in [0, 0.05) is 31.7 Å². The van der Waals surface area contributed by atoms with Crippen molar-refractivity contribution in [1.29, 1.82) is 0 Å². The van der Waals surface area contributed by atoms with E-state index in [1.807, 2.05) is 30.0 Å². The summed E-state index contributed by atoms with van der Waals surface area (Å²) in [7, 11) is 0. The monoisotopic (exact) mass is 496 g/mol. The van der Waals surface area contributed by atoms with Crippen LogP contribution in [0.15, 0.2) is 24.3 Å². The van der Waals surface area contributed by atoms with Gasteiger partial charge in [-0.05, 0) is 75.3 Å². The molecule has 36 heavy (non-hydrogen) atoms. The van der Waals surface area contributed by atoms with E-state index in [0.717, 1.165) is 37.0 Å². The number of imide groups is 1. The number of fused-ring (bicyclic) bond motifs is 1. The maximum absolute atomic E-state index is 13.0. The van der Waals surface area contributed by atoms with Gasteiger partial charge < -0.3 is 19.7 Å². The van der Waals surface area contributed by atoms with Crippen LogP contribution < -0.4 is 20.1 Å². The van der Waals surface area contributed by atoms with Crippen molar-refractivity contribution in [2.24, 2.45) is 17.8 Å². The lowest BCUT2D eigenvalue weighted by Gasteiger charge is -2.56. The maximum Gasteiger partial charge on any atom is 0.321 e. The van der Waals surface area contributed by atoms with Gasteiger partial charge in [0.25, 0.3) is 5.91 Å². The molecule has 4 saturated carbocycles. The van der Waals surface area contributed by atoms with Crippen LogP contribution >= 0.6 is 0 Å². The molecule has 9 heteroatoms. The molecule has 1 saturated heterocycles. The van der Waals surface area contributed by atoms with Gasteiger partial charge in [0.15, 0.2) is 11.5 Å². The van der Waals surface area contributed by atoms with Crippen LogP contribution in [-0.2, 0) is 9.59 Å². The Hall–Kier alpha value is -2.81. The van der Waals surface area contributed by atoms with E-state index in [2.05, 4.69) is 10.6 Å². The van der Waals surface area contributed by atoms with Crippen molar-refractivity contribution in [3.8, 4) is 11.5 Å². The molecule has 0 spiro atoms. The average molecular weight is 497 g/mol. The van der Waals surface area contributed by atoms with Crippen molar-refractivity contribution in [1.82, 2.24) is 20.4 Å². The Balaban J connectivity index is 0.975. The first-order valence-corrected chi connectivity index (χ1v) is 13.4. The zero-order valence-electron chi connectivity index (χ0n) is 20.9. The van der Waals surface area contributed by atoms with E-state index in [0.29, 0.717) is 37.7 Å². The first-order valence-electron chi connectivity index (χ1n) is 13.4. The van der Waals surface area contributed by atoms with Crippen LogP contribution in [0, 0.1) is 17.8 Å². The normalized spacial score (nSPS) is 33.6. The number of piperazine rings is 1. The number of hydrogen-bond acceptors (Lipinski definition) is 6. The van der Waals surface area contributed by atoms with E-state index in [4.69, 9.17) is 9.47 Å². The Labute approximate surface area is 211 Å². The number of nitrogens with zero attached hydrogens (tertiary/aromatic N) is 2. The van der Waals surface area contributed by atoms with Crippen molar-refractivity contribution in [3.63, 3.8) is 0 Å². The standard InChI is InChI=1S/C27H36N4O5/c1-17(24(32)28-26(34)29-27-13-18-10-19(14-27)12-20(11-18)15-27)30-6-8-31(9-7-30)25(33)23-16-35-21-4-2-3-5-22(21)36-23/h2-5,17-20,23H,6-16H2,1H3,(H2,28,29,32,34)/t17-,18?,19?,20?,23-,27?/m0/s1. The molecule has 6 aliphatic rings. The van der Waals surface area contributed by atoms with E-state index in [9.17, 15) is 14.4 Å². The largest absolute Gasteiger partial charge is 0.485 e. The summed E-state index contributed by atoms with van der Waals surface area (Å²) in [5.74, 6) is 3.02. The highest BCUT2D eigenvalue weighted by Gasteiger charge is 2.51. The molecule has 4 amide bonds. The third kappa shape index (κ3) is 4.53. The Kier molecular flexibility index (Phi) is 6.06. The Morgan fingerprint density at radius 2 is 1.56 bits per heavy atom. The van der Waals surface area contributed by atoms with Crippen LogP contribution in [0.25, 0.3) is 0 Å². The van der Waals surface area contributed by atoms with Gasteiger partial charge in [0.1, 0.15) is 6.61 Å². The quantitative estimate of drug-likeness (QED) is 0.663. The molecule has 4 bridgehead atoms. The molecule has 0 aromatic heterocycles. The van der Waals surface area contributed by atoms with E-state index >= 15 is 0 Å². The number of carbonyl (C=O) groups excluding carboxylic acids is 3. The number of ether oxygens (including phenoxy) is 2. The molecule has 2 N–H and O–H groups in total. The fourth-order valence-electron chi connectivity index (χ4n) is 7.59. The molecule has 194 valence electrons. The van der Waals surface area contributed by atoms with Gasteiger partial charge in [0.05, 0.1) is 6.04 Å². The molecule has 9 nitrogen and oxygen atoms in total. The predicted octanol–water partition coefficient (Wildman–Crippen LogP) is 2.15. The number of amides is 4. The van der Waals surface area contributed by atoms with Gasteiger partial charge in [-0.25, -0.2) is 4.79 Å². The van der Waals surface area contributed by atoms with Crippen molar-refractivity contribution in [3.05, 3.63) is 24.3 Å². The van der Waals surface area contributed by atoms with E-state index in [1.165, 1.54) is 19.3 Å². The van der Waals surface area contributed by atoms with Crippen LogP contribution in [0.4, 0.5) is 4.79 Å². The fraction of sp³-hybridized carbons (Fsp3) is 0.667. The lowest BCUT2D eigenvalue weighted by molar-refractivity contribution is -0.143. The molecule has 2 aliphatic heterocycles. The van der Waals surface area contributed by atoms with Gasteiger partial charge in [0.2, 0.25) is 12.0 Å². The zero-order valence-corrected chi connectivity index (χ0v) is 20.9. The number of benzene rings is 1. The van der Waals surface area contributed by atoms with Crippen LogP contribution in [0.2, 0.25) is 0 Å². The molecule has 1 aromatic rings. The minimum absolute atomic E-state index is 0.101. The maximum atomic E-state index is 13.0. The van der Waals surface area contributed by atoms with Crippen molar-refractivity contribution >= 4 is 17.8 Å². The molecule has 1 aromatic carbocycles. The fourth-order valence-corrected chi connectivity index (χ4v) is 7.59. The smallest absolute Gasteiger partial charge is 0.321 e. The molecule has 2 atom stereocenters. The van der Waals surface area contributed by atoms with Crippen LogP contribution in [0.5, 0.6) is 11.5 Å². The average Bonchev–Trinajstić information content (AvgIpc) is 2.86. The summed E-state index contributed by atoms with van der Waals surface area (Å²) in [6.07, 6.45) is 6.40. The van der Waals surface area contributed by atoms with Crippen molar-refractivity contribution in [2.75, 3.05) is 32.8 Å². The highest BCUT2D eigenvalue weighted by molar-refractivity contribution is 5.97. The van der Waals surface area contributed by atoms with Crippen molar-refractivity contribution < 1.29 is 23.9 Å². The lowest BCUT2D eigenvalue weighted by atomic mass is 9.53. The summed E-state index contributed by atoms with van der Waals surface area (Å²) in [4.78, 5) is 42.5. The molecule has 7 rings (SSSR count). The second-order valence-corrected chi connectivity index (χ2v) is 11.5. The van der Waals surface area contributed by atoms with Crippen LogP contribution in [0.3, 0.4) is 0 Å². The minimum Gasteiger partial charge on any atom is -0.485 e. The van der Waals surface area contributed by atoms with Gasteiger partial charge in [-0.15, -0.1) is 0 Å². The van der Waals surface area contributed by atoms with E-state index in [-0.39, 0.29) is 30.0 Å². The SMILES string of the molecule is C[C@@H](C(=O)NC(=O)NC12CC3CC(CC(C3)C1)C2)N1CCN(C(=O)[C@@H]2COc3ccccc3O2)CC1. The second kappa shape index (κ2) is 9.25. The number of nitrogens with one attached hydrogen (secondary N) is 2. The van der Waals surface area contributed by atoms with Gasteiger partial charge in [-0.1, -0.05) is 12.1 Å². The summed E-state index contributed by atoms with van der Waals surface area (Å²) in [6, 6.07) is 6.52. The van der Waals surface area contributed by atoms with Crippen LogP contribution in [0.1, 0.15) is 45.4 Å². The Morgan fingerprint density at radius 1 is 0.944 bits per heavy atom. The first-order chi connectivity index (χ1) is 17.4. The molecule has 0 unspecified atom stereocenters. The summed E-state index contributed by atoms with van der Waals surface area (Å²) < 4.78 is 11.6. The number of hydrogen-bond donors (Lipinski definition) is 2. The van der Waals surface area contributed by atoms with Gasteiger partial charge in [-0.2, -0.15) is 0 Å². The van der Waals surface area contributed by atoms with Crippen LogP contribution in [-0.4, -0.2) is 78.1 Å². The lowest BCUT2D eigenvalue weighted by Crippen LogP contribution is -2.63. The summed E-state index contributed by atoms with van der Waals surface area (Å²) in [5, 5.41) is 5.81. The number of urea groups is 1. The Morgan fingerprint density at radius 3 is 2.19 bits per heavy atom. The second-order valence-electron chi connectivity index (χ2n) is 11.5. The zero-order chi connectivity index (χ0) is 24.9. The number of rotatable bonds is 4. The molecule has 4 aliphatic carbocycles. The Bertz CT molecular complexity index is 1000. The molecule has 5 fully saturated rings. The molecule has 0 radical (unpaired) electrons. The summed E-state index contributed by atoms with van der Waals surface area (Å²) in [5.41, 5.74) is -0.125. The predicted molar refractivity (Wildman–Crippen MR) is 132 cm³/mol. The van der Waals surface area contributed by atoms with E-state index < -0.39 is 12.1 Å². The third-order valence-electron chi connectivity index (χ3n) is 8.99. The first kappa shape index (κ1) is 23.6. The number of para-hydroxylation sites is 2. The minimum atomic E-state index is -0.666. The van der Waals surface area contributed by atoms with E-state index in [1.54, 1.807) is 11.0 Å². The topological polar surface area (TPSA) is 100 Å². The summed E-state index contributed by atoms with van der Waals surface area (Å²) in [6.45, 7) is 4.12. The highest BCUT2D eigenvalue weighted by atomic mass is 16.6. The number of carbonyl (C=O) groups is 3. The summed E-state index contributed by atoms with van der Waals surface area (Å²) >= 11 is 0. The third-order valence-corrected chi connectivity index (χ3v) is 8.99. The molecular formula is C27H36N4O5. The van der Waals surface area contributed by atoms with Crippen molar-refractivity contribution in [2.45, 2.75) is 63.1 Å². The van der Waals surface area contributed by atoms with Gasteiger partial charge >= 0.3 is 6.03 Å². The van der Waals surface area contributed by atoms with Gasteiger partial charge in [-0.3, -0.25) is 19.8 Å². The molecule has 2 heterocycles. The highest BCUT2D eigenvalue weighted by Crippen LogP contribution is 2.55. The molecular weight excluding hydrogens is 460 g/mol.